The molecule has 0 saturated carbocycles. The Morgan fingerprint density at radius 3 is 2.60 bits per heavy atom. The normalized spacial score (nSPS) is 15.0. The van der Waals surface area contributed by atoms with E-state index in [2.05, 4.69) is 19.2 Å². The Morgan fingerprint density at radius 1 is 1.20 bits per heavy atom. The van der Waals surface area contributed by atoms with Gasteiger partial charge in [0, 0.05) is 6.42 Å². The number of rotatable bonds is 5. The van der Waals surface area contributed by atoms with Crippen molar-refractivity contribution < 1.29 is 14.3 Å². The number of hydrogen-bond acceptors (Lipinski definition) is 3. The summed E-state index contributed by atoms with van der Waals surface area (Å²) in [7, 11) is 0. The van der Waals surface area contributed by atoms with Crippen molar-refractivity contribution in [3.05, 3.63) is 23.8 Å². The van der Waals surface area contributed by atoms with Crippen molar-refractivity contribution >= 4 is 5.91 Å². The average Bonchev–Trinajstić information content (AvgIpc) is 2.44. The first-order valence-electron chi connectivity index (χ1n) is 7.25. The van der Waals surface area contributed by atoms with Gasteiger partial charge in [0.15, 0.2) is 11.5 Å². The van der Waals surface area contributed by atoms with Crippen molar-refractivity contribution in [2.45, 2.75) is 39.7 Å². The van der Waals surface area contributed by atoms with Crippen LogP contribution in [-0.2, 0) is 4.79 Å². The summed E-state index contributed by atoms with van der Waals surface area (Å²) in [5.74, 6) is 2.18. The summed E-state index contributed by atoms with van der Waals surface area (Å²) in [6.07, 6.45) is 1.49. The van der Waals surface area contributed by atoms with Gasteiger partial charge in [0.25, 0.3) is 0 Å². The molecule has 0 radical (unpaired) electrons. The Kier molecular flexibility index (Phi) is 4.88. The van der Waals surface area contributed by atoms with E-state index in [1.807, 2.05) is 25.1 Å². The topological polar surface area (TPSA) is 47.6 Å². The SMILES string of the molecule is CC(C)CCC(=O)NC(C)c1ccc2c(c1)OCCO2. The second-order valence-electron chi connectivity index (χ2n) is 5.62. The molecule has 110 valence electrons. The standard InChI is InChI=1S/C16H23NO3/c1-11(2)4-7-16(18)17-12(3)13-5-6-14-15(10-13)20-9-8-19-14/h5-6,10-12H,4,7-9H2,1-3H3,(H,17,18). The van der Waals surface area contributed by atoms with Crippen molar-refractivity contribution in [3.63, 3.8) is 0 Å². The smallest absolute Gasteiger partial charge is 0.220 e. The molecule has 4 nitrogen and oxygen atoms in total. The molecule has 0 aliphatic carbocycles. The van der Waals surface area contributed by atoms with E-state index in [0.29, 0.717) is 25.6 Å². The predicted molar refractivity (Wildman–Crippen MR) is 78.1 cm³/mol. The van der Waals surface area contributed by atoms with Gasteiger partial charge in [-0.15, -0.1) is 0 Å². The van der Waals surface area contributed by atoms with Gasteiger partial charge in [-0.05, 0) is 37.0 Å². The molecule has 1 amide bonds. The van der Waals surface area contributed by atoms with Gasteiger partial charge >= 0.3 is 0 Å². The molecule has 4 heteroatoms. The lowest BCUT2D eigenvalue weighted by molar-refractivity contribution is -0.122. The highest BCUT2D eigenvalue weighted by molar-refractivity contribution is 5.76. The quantitative estimate of drug-likeness (QED) is 0.899. The minimum absolute atomic E-state index is 0.0227. The highest BCUT2D eigenvalue weighted by Crippen LogP contribution is 2.32. The summed E-state index contributed by atoms with van der Waals surface area (Å²) < 4.78 is 11.1. The lowest BCUT2D eigenvalue weighted by Gasteiger charge is -2.21. The minimum Gasteiger partial charge on any atom is -0.486 e. The molecule has 0 fully saturated rings. The maximum Gasteiger partial charge on any atom is 0.220 e. The van der Waals surface area contributed by atoms with Crippen LogP contribution in [0.3, 0.4) is 0 Å². The molecule has 0 aromatic heterocycles. The van der Waals surface area contributed by atoms with E-state index in [1.165, 1.54) is 0 Å². The molecule has 0 spiro atoms. The fourth-order valence-electron chi connectivity index (χ4n) is 2.15. The lowest BCUT2D eigenvalue weighted by atomic mass is 10.1. The molecule has 1 aromatic carbocycles. The molecule has 1 aliphatic rings. The summed E-state index contributed by atoms with van der Waals surface area (Å²) in [6.45, 7) is 7.40. The minimum atomic E-state index is -0.0227. The molecule has 1 aromatic rings. The van der Waals surface area contributed by atoms with Crippen LogP contribution in [0, 0.1) is 5.92 Å². The van der Waals surface area contributed by atoms with Crippen LogP contribution in [0.4, 0.5) is 0 Å². The highest BCUT2D eigenvalue weighted by Gasteiger charge is 2.15. The first-order chi connectivity index (χ1) is 9.56. The third-order valence-electron chi connectivity index (χ3n) is 3.39. The predicted octanol–water partition coefficient (Wildman–Crippen LogP) is 3.07. The average molecular weight is 277 g/mol. The van der Waals surface area contributed by atoms with Crippen LogP contribution in [0.25, 0.3) is 0 Å². The van der Waals surface area contributed by atoms with Crippen LogP contribution in [-0.4, -0.2) is 19.1 Å². The summed E-state index contributed by atoms with van der Waals surface area (Å²) in [5, 5.41) is 3.02. The summed E-state index contributed by atoms with van der Waals surface area (Å²) in [6, 6.07) is 5.80. The molecule has 1 unspecified atom stereocenters. The summed E-state index contributed by atoms with van der Waals surface area (Å²) in [4.78, 5) is 11.9. The summed E-state index contributed by atoms with van der Waals surface area (Å²) in [5.41, 5.74) is 1.03. The lowest BCUT2D eigenvalue weighted by Crippen LogP contribution is -2.26. The fraction of sp³-hybridized carbons (Fsp3) is 0.562. The van der Waals surface area contributed by atoms with Gasteiger partial charge in [0.05, 0.1) is 6.04 Å². The van der Waals surface area contributed by atoms with Crippen LogP contribution >= 0.6 is 0 Å². The number of nitrogens with one attached hydrogen (secondary N) is 1. The zero-order valence-corrected chi connectivity index (χ0v) is 12.4. The van der Waals surface area contributed by atoms with Crippen LogP contribution in [0.5, 0.6) is 11.5 Å². The molecular weight excluding hydrogens is 254 g/mol. The zero-order chi connectivity index (χ0) is 14.5. The molecule has 1 aliphatic heterocycles. The van der Waals surface area contributed by atoms with Crippen molar-refractivity contribution in [3.8, 4) is 11.5 Å². The Labute approximate surface area is 120 Å². The molecule has 20 heavy (non-hydrogen) atoms. The molecule has 2 rings (SSSR count). The third kappa shape index (κ3) is 3.89. The molecular formula is C16H23NO3. The number of carbonyl (C=O) groups excluding carboxylic acids is 1. The van der Waals surface area contributed by atoms with Crippen molar-refractivity contribution in [1.29, 1.82) is 0 Å². The molecule has 0 bridgehead atoms. The Hall–Kier alpha value is -1.71. The maximum atomic E-state index is 11.9. The van der Waals surface area contributed by atoms with Crippen LogP contribution in [0.15, 0.2) is 18.2 Å². The Morgan fingerprint density at radius 2 is 1.90 bits per heavy atom. The second kappa shape index (κ2) is 6.64. The van der Waals surface area contributed by atoms with Gasteiger partial charge in [0.2, 0.25) is 5.91 Å². The van der Waals surface area contributed by atoms with Crippen LogP contribution in [0.1, 0.15) is 45.2 Å². The van der Waals surface area contributed by atoms with E-state index in [4.69, 9.17) is 9.47 Å². The molecule has 1 atom stereocenters. The number of benzene rings is 1. The van der Waals surface area contributed by atoms with Crippen molar-refractivity contribution in [2.24, 2.45) is 5.92 Å². The third-order valence-corrected chi connectivity index (χ3v) is 3.39. The Balaban J connectivity index is 1.95. The summed E-state index contributed by atoms with van der Waals surface area (Å²) >= 11 is 0. The highest BCUT2D eigenvalue weighted by atomic mass is 16.6. The van der Waals surface area contributed by atoms with Gasteiger partial charge in [-0.25, -0.2) is 0 Å². The van der Waals surface area contributed by atoms with E-state index in [0.717, 1.165) is 23.5 Å². The first kappa shape index (κ1) is 14.7. The number of amides is 1. The van der Waals surface area contributed by atoms with Crippen LogP contribution < -0.4 is 14.8 Å². The molecule has 0 saturated heterocycles. The van der Waals surface area contributed by atoms with Crippen LogP contribution in [0.2, 0.25) is 0 Å². The van der Waals surface area contributed by atoms with Gasteiger partial charge in [-0.1, -0.05) is 19.9 Å². The van der Waals surface area contributed by atoms with Gasteiger partial charge in [-0.2, -0.15) is 0 Å². The number of fused-ring (bicyclic) bond motifs is 1. The monoisotopic (exact) mass is 277 g/mol. The zero-order valence-electron chi connectivity index (χ0n) is 12.4. The van der Waals surface area contributed by atoms with Gasteiger partial charge < -0.3 is 14.8 Å². The van der Waals surface area contributed by atoms with E-state index in [1.54, 1.807) is 0 Å². The van der Waals surface area contributed by atoms with E-state index < -0.39 is 0 Å². The largest absolute Gasteiger partial charge is 0.486 e. The number of carbonyl (C=O) groups is 1. The van der Waals surface area contributed by atoms with Crippen molar-refractivity contribution in [2.75, 3.05) is 13.2 Å². The Bertz CT molecular complexity index is 471. The van der Waals surface area contributed by atoms with E-state index >= 15 is 0 Å². The fourth-order valence-corrected chi connectivity index (χ4v) is 2.15. The van der Waals surface area contributed by atoms with Gasteiger partial charge in [0.1, 0.15) is 13.2 Å². The second-order valence-corrected chi connectivity index (χ2v) is 5.62. The molecule has 1 heterocycles. The number of ether oxygens (including phenoxy) is 2. The van der Waals surface area contributed by atoms with E-state index in [9.17, 15) is 4.79 Å². The first-order valence-corrected chi connectivity index (χ1v) is 7.25. The number of hydrogen-bond donors (Lipinski definition) is 1. The van der Waals surface area contributed by atoms with Crippen molar-refractivity contribution in [1.82, 2.24) is 5.32 Å². The van der Waals surface area contributed by atoms with Gasteiger partial charge in [-0.3, -0.25) is 4.79 Å². The molecule has 1 N–H and O–H groups in total. The maximum absolute atomic E-state index is 11.9. The van der Waals surface area contributed by atoms with E-state index in [-0.39, 0.29) is 11.9 Å².